The Balaban J connectivity index is 4.84. The largest absolute Gasteiger partial charge is 0.340 e. The van der Waals surface area contributed by atoms with Crippen LogP contribution < -0.4 is 0 Å². The molecule has 0 atom stereocenters. The predicted octanol–water partition coefficient (Wildman–Crippen LogP) is 2.68. The van der Waals surface area contributed by atoms with Crippen molar-refractivity contribution in [2.75, 3.05) is 7.05 Å². The van der Waals surface area contributed by atoms with E-state index in [-0.39, 0.29) is 16.9 Å². The Hall–Kier alpha value is -0.530. The van der Waals surface area contributed by atoms with Crippen LogP contribution in [0.15, 0.2) is 0 Å². The molecule has 0 radical (unpaired) electrons. The van der Waals surface area contributed by atoms with Crippen LogP contribution in [0.25, 0.3) is 0 Å². The van der Waals surface area contributed by atoms with Gasteiger partial charge in [-0.25, -0.2) is 0 Å². The van der Waals surface area contributed by atoms with Gasteiger partial charge in [0.15, 0.2) is 0 Å². The molecule has 2 heteroatoms. The Morgan fingerprint density at radius 1 is 1.23 bits per heavy atom. The van der Waals surface area contributed by atoms with Gasteiger partial charge in [-0.3, -0.25) is 4.79 Å². The van der Waals surface area contributed by atoms with Gasteiger partial charge in [-0.2, -0.15) is 0 Å². The lowest BCUT2D eigenvalue weighted by atomic mass is 9.71. The molecule has 0 rings (SSSR count). The van der Waals surface area contributed by atoms with Crippen molar-refractivity contribution in [3.05, 3.63) is 0 Å². The summed E-state index contributed by atoms with van der Waals surface area (Å²) < 4.78 is 0. The van der Waals surface area contributed by atoms with Crippen molar-refractivity contribution in [3.63, 3.8) is 0 Å². The van der Waals surface area contributed by atoms with E-state index in [0.717, 1.165) is 6.42 Å². The van der Waals surface area contributed by atoms with Gasteiger partial charge in [0.2, 0.25) is 5.91 Å². The minimum absolute atomic E-state index is 0.0897. The first-order valence-electron chi connectivity index (χ1n) is 4.91. The molecular formula is C11H23NO. The lowest BCUT2D eigenvalue weighted by Crippen LogP contribution is -2.53. The number of hydrogen-bond acceptors (Lipinski definition) is 1. The Bertz CT molecular complexity index is 194. The predicted molar refractivity (Wildman–Crippen MR) is 56.6 cm³/mol. The Morgan fingerprint density at radius 3 is 1.85 bits per heavy atom. The molecule has 0 aromatic carbocycles. The quantitative estimate of drug-likeness (QED) is 0.662. The minimum Gasteiger partial charge on any atom is -0.340 e. The number of rotatable bonds is 3. The summed E-state index contributed by atoms with van der Waals surface area (Å²) in [5, 5.41) is 0. The van der Waals surface area contributed by atoms with E-state index >= 15 is 0 Å². The number of nitrogens with zero attached hydrogens (tertiary/aromatic N) is 1. The number of hydrogen-bond donors (Lipinski definition) is 0. The van der Waals surface area contributed by atoms with E-state index in [1.165, 1.54) is 0 Å². The van der Waals surface area contributed by atoms with E-state index in [0.29, 0.717) is 0 Å². The molecule has 0 bridgehead atoms. The van der Waals surface area contributed by atoms with Crippen LogP contribution in [0.1, 0.15) is 48.0 Å². The Kier molecular flexibility index (Phi) is 3.54. The van der Waals surface area contributed by atoms with Gasteiger partial charge >= 0.3 is 0 Å². The molecule has 0 spiro atoms. The lowest BCUT2D eigenvalue weighted by molar-refractivity contribution is -0.136. The molecule has 1 amide bonds. The number of carbonyl (C=O) groups is 1. The van der Waals surface area contributed by atoms with E-state index in [1.54, 1.807) is 6.92 Å². The second-order valence-corrected chi connectivity index (χ2v) is 4.87. The van der Waals surface area contributed by atoms with Crippen LogP contribution in [-0.2, 0) is 4.79 Å². The van der Waals surface area contributed by atoms with Crippen molar-refractivity contribution >= 4 is 5.91 Å². The van der Waals surface area contributed by atoms with E-state index < -0.39 is 0 Å². The third-order valence-corrected chi connectivity index (χ3v) is 3.85. The molecule has 0 unspecified atom stereocenters. The fourth-order valence-corrected chi connectivity index (χ4v) is 1.28. The van der Waals surface area contributed by atoms with Crippen molar-refractivity contribution in [1.82, 2.24) is 4.90 Å². The van der Waals surface area contributed by atoms with Gasteiger partial charge in [0.1, 0.15) is 0 Å². The minimum atomic E-state index is -0.0897. The van der Waals surface area contributed by atoms with Crippen molar-refractivity contribution in [2.24, 2.45) is 5.41 Å². The highest BCUT2D eigenvalue weighted by atomic mass is 16.2. The SMILES string of the molecule is CCC(C)(C)C(C)(C)N(C)C(C)=O. The molecule has 0 saturated carbocycles. The van der Waals surface area contributed by atoms with Gasteiger partial charge in [-0.1, -0.05) is 20.8 Å². The van der Waals surface area contributed by atoms with Crippen molar-refractivity contribution in [2.45, 2.75) is 53.5 Å². The van der Waals surface area contributed by atoms with Crippen LogP contribution in [0.4, 0.5) is 0 Å². The average Bonchev–Trinajstić information content (AvgIpc) is 2.02. The van der Waals surface area contributed by atoms with Gasteiger partial charge in [0, 0.05) is 19.5 Å². The highest BCUT2D eigenvalue weighted by Gasteiger charge is 2.39. The molecule has 0 aromatic heterocycles. The van der Waals surface area contributed by atoms with Gasteiger partial charge < -0.3 is 4.90 Å². The summed E-state index contributed by atoms with van der Waals surface area (Å²) in [6.07, 6.45) is 1.07. The summed E-state index contributed by atoms with van der Waals surface area (Å²) in [4.78, 5) is 13.1. The summed E-state index contributed by atoms with van der Waals surface area (Å²) in [5.41, 5.74) is 0.0566. The molecule has 0 aromatic rings. The molecule has 2 nitrogen and oxygen atoms in total. The standard InChI is InChI=1S/C11H23NO/c1-8-10(3,4)11(5,6)12(7)9(2)13/h8H2,1-7H3. The first-order valence-corrected chi connectivity index (χ1v) is 4.91. The summed E-state index contributed by atoms with van der Waals surface area (Å²) in [6.45, 7) is 12.4. The van der Waals surface area contributed by atoms with Crippen LogP contribution in [0.2, 0.25) is 0 Å². The molecule has 0 fully saturated rings. The Morgan fingerprint density at radius 2 is 1.62 bits per heavy atom. The number of carbonyl (C=O) groups excluding carboxylic acids is 1. The van der Waals surface area contributed by atoms with Crippen LogP contribution in [-0.4, -0.2) is 23.4 Å². The highest BCUT2D eigenvalue weighted by molar-refractivity contribution is 5.73. The van der Waals surface area contributed by atoms with Gasteiger partial charge in [0.05, 0.1) is 0 Å². The first kappa shape index (κ1) is 12.5. The average molecular weight is 185 g/mol. The highest BCUT2D eigenvalue weighted by Crippen LogP contribution is 2.37. The maximum absolute atomic E-state index is 11.3. The zero-order valence-corrected chi connectivity index (χ0v) is 10.1. The summed E-state index contributed by atoms with van der Waals surface area (Å²) in [7, 11) is 1.87. The van der Waals surface area contributed by atoms with Gasteiger partial charge in [0.25, 0.3) is 0 Å². The Labute approximate surface area is 82.3 Å². The van der Waals surface area contributed by atoms with Crippen LogP contribution in [0.5, 0.6) is 0 Å². The number of amides is 1. The summed E-state index contributed by atoms with van der Waals surface area (Å²) >= 11 is 0. The molecule has 0 aliphatic heterocycles. The second kappa shape index (κ2) is 3.69. The topological polar surface area (TPSA) is 20.3 Å². The zero-order chi connectivity index (χ0) is 10.9. The third kappa shape index (κ3) is 2.23. The lowest BCUT2D eigenvalue weighted by Gasteiger charge is -2.47. The molecular weight excluding hydrogens is 162 g/mol. The van der Waals surface area contributed by atoms with E-state index in [4.69, 9.17) is 0 Å². The molecule has 0 N–H and O–H groups in total. The molecule has 0 saturated heterocycles. The van der Waals surface area contributed by atoms with E-state index in [2.05, 4.69) is 34.6 Å². The maximum atomic E-state index is 11.3. The molecule has 13 heavy (non-hydrogen) atoms. The maximum Gasteiger partial charge on any atom is 0.219 e. The second-order valence-electron chi connectivity index (χ2n) is 4.87. The van der Waals surface area contributed by atoms with Gasteiger partial charge in [-0.15, -0.1) is 0 Å². The summed E-state index contributed by atoms with van der Waals surface area (Å²) in [6, 6.07) is 0. The molecule has 0 heterocycles. The molecule has 0 aliphatic rings. The van der Waals surface area contributed by atoms with E-state index in [9.17, 15) is 4.79 Å². The van der Waals surface area contributed by atoms with Crippen molar-refractivity contribution in [3.8, 4) is 0 Å². The van der Waals surface area contributed by atoms with E-state index in [1.807, 2.05) is 11.9 Å². The zero-order valence-electron chi connectivity index (χ0n) is 10.1. The summed E-state index contributed by atoms with van der Waals surface area (Å²) in [5.74, 6) is 0.131. The van der Waals surface area contributed by atoms with Crippen molar-refractivity contribution < 1.29 is 4.79 Å². The van der Waals surface area contributed by atoms with Gasteiger partial charge in [-0.05, 0) is 25.7 Å². The third-order valence-electron chi connectivity index (χ3n) is 3.85. The van der Waals surface area contributed by atoms with Crippen LogP contribution >= 0.6 is 0 Å². The van der Waals surface area contributed by atoms with Crippen LogP contribution in [0, 0.1) is 5.41 Å². The van der Waals surface area contributed by atoms with Crippen LogP contribution in [0.3, 0.4) is 0 Å². The monoisotopic (exact) mass is 185 g/mol. The normalized spacial score (nSPS) is 12.8. The van der Waals surface area contributed by atoms with Crippen molar-refractivity contribution in [1.29, 1.82) is 0 Å². The fourth-order valence-electron chi connectivity index (χ4n) is 1.28. The molecule has 78 valence electrons. The molecule has 0 aliphatic carbocycles. The smallest absolute Gasteiger partial charge is 0.219 e. The fraction of sp³-hybridized carbons (Fsp3) is 0.909. The first-order chi connectivity index (χ1) is 5.66.